The smallest absolute Gasteiger partial charge is 0.0346 e. The van der Waals surface area contributed by atoms with Crippen LogP contribution in [0.2, 0.25) is 0 Å². The van der Waals surface area contributed by atoms with Crippen molar-refractivity contribution in [1.29, 1.82) is 0 Å². The van der Waals surface area contributed by atoms with Gasteiger partial charge in [-0.05, 0) is 18.6 Å². The molecule has 2 fully saturated rings. The van der Waals surface area contributed by atoms with Crippen molar-refractivity contribution >= 4 is 0 Å². The van der Waals surface area contributed by atoms with Crippen molar-refractivity contribution in [3.63, 3.8) is 0 Å². The normalized spacial score (nSPS) is 24.7. The topological polar surface area (TPSA) is 31.4 Å². The van der Waals surface area contributed by atoms with Crippen LogP contribution in [0.3, 0.4) is 0 Å². The predicted molar refractivity (Wildman–Crippen MR) is 72.5 cm³/mol. The Balaban J connectivity index is 1.55. The molecule has 98 valence electrons. The van der Waals surface area contributed by atoms with Crippen LogP contribution in [-0.4, -0.2) is 60.1 Å². The summed E-state index contributed by atoms with van der Waals surface area (Å²) in [6, 6.07) is 5.49. The highest BCUT2D eigenvalue weighted by Gasteiger charge is 2.29. The number of piperazine rings is 1. The average molecular weight is 246 g/mol. The summed E-state index contributed by atoms with van der Waals surface area (Å²) >= 11 is 0. The number of rotatable bonds is 3. The third kappa shape index (κ3) is 2.41. The molecule has 0 amide bonds. The standard InChI is InChI=1S/C14H22N4/c1-12(13-3-2-4-15-9-13)17-5-7-18(8-6-17)14-10-16-11-14/h2-4,9,12,14,16H,5-8,10-11H2,1H3. The molecule has 4 heteroatoms. The fraction of sp³-hybridized carbons (Fsp3) is 0.643. The Bertz CT molecular complexity index is 369. The van der Waals surface area contributed by atoms with E-state index in [2.05, 4.69) is 33.1 Å². The first kappa shape index (κ1) is 12.1. The van der Waals surface area contributed by atoms with Crippen LogP contribution in [0.5, 0.6) is 0 Å². The van der Waals surface area contributed by atoms with Crippen molar-refractivity contribution in [2.75, 3.05) is 39.3 Å². The molecule has 3 rings (SSSR count). The molecule has 4 nitrogen and oxygen atoms in total. The molecule has 1 unspecified atom stereocenters. The molecule has 18 heavy (non-hydrogen) atoms. The number of nitrogens with one attached hydrogen (secondary N) is 1. The second-order valence-electron chi connectivity index (χ2n) is 5.35. The van der Waals surface area contributed by atoms with E-state index >= 15 is 0 Å². The molecule has 0 aliphatic carbocycles. The first-order valence-electron chi connectivity index (χ1n) is 6.93. The Morgan fingerprint density at radius 3 is 2.61 bits per heavy atom. The largest absolute Gasteiger partial charge is 0.314 e. The van der Waals surface area contributed by atoms with Gasteiger partial charge in [-0.1, -0.05) is 6.07 Å². The monoisotopic (exact) mass is 246 g/mol. The van der Waals surface area contributed by atoms with Crippen LogP contribution in [0.1, 0.15) is 18.5 Å². The molecule has 2 aliphatic rings. The summed E-state index contributed by atoms with van der Waals surface area (Å²) in [5.74, 6) is 0. The van der Waals surface area contributed by atoms with Gasteiger partial charge in [0.1, 0.15) is 0 Å². The molecular formula is C14H22N4. The summed E-state index contributed by atoms with van der Waals surface area (Å²) in [6.07, 6.45) is 3.84. The molecule has 1 aromatic heterocycles. The summed E-state index contributed by atoms with van der Waals surface area (Å²) in [6.45, 7) is 9.40. The molecule has 2 saturated heterocycles. The minimum atomic E-state index is 0.486. The van der Waals surface area contributed by atoms with Gasteiger partial charge in [-0.3, -0.25) is 14.8 Å². The lowest BCUT2D eigenvalue weighted by molar-refractivity contribution is 0.0551. The molecule has 0 radical (unpaired) electrons. The lowest BCUT2D eigenvalue weighted by atomic mass is 10.1. The fourth-order valence-electron chi connectivity index (χ4n) is 2.86. The van der Waals surface area contributed by atoms with Crippen LogP contribution in [0, 0.1) is 0 Å². The molecule has 1 N–H and O–H groups in total. The van der Waals surface area contributed by atoms with Gasteiger partial charge in [0.05, 0.1) is 0 Å². The minimum Gasteiger partial charge on any atom is -0.314 e. The van der Waals surface area contributed by atoms with Crippen molar-refractivity contribution < 1.29 is 0 Å². The highest BCUT2D eigenvalue weighted by atomic mass is 15.3. The second-order valence-corrected chi connectivity index (χ2v) is 5.35. The summed E-state index contributed by atoms with van der Waals surface area (Å²) in [5.41, 5.74) is 1.33. The zero-order valence-corrected chi connectivity index (χ0v) is 11.0. The van der Waals surface area contributed by atoms with Crippen molar-refractivity contribution in [1.82, 2.24) is 20.1 Å². The highest BCUT2D eigenvalue weighted by molar-refractivity contribution is 5.13. The van der Waals surface area contributed by atoms with Gasteiger partial charge in [0.25, 0.3) is 0 Å². The summed E-state index contributed by atoms with van der Waals surface area (Å²) in [5, 5.41) is 3.35. The molecule has 0 saturated carbocycles. The molecule has 0 spiro atoms. The highest BCUT2D eigenvalue weighted by Crippen LogP contribution is 2.21. The zero-order valence-electron chi connectivity index (χ0n) is 11.0. The van der Waals surface area contributed by atoms with E-state index < -0.39 is 0 Å². The maximum atomic E-state index is 4.22. The number of pyridine rings is 1. The number of hydrogen-bond acceptors (Lipinski definition) is 4. The average Bonchev–Trinajstić information content (AvgIpc) is 2.38. The van der Waals surface area contributed by atoms with Crippen LogP contribution < -0.4 is 5.32 Å². The minimum absolute atomic E-state index is 0.486. The Hall–Kier alpha value is -0.970. The zero-order chi connectivity index (χ0) is 12.4. The maximum absolute atomic E-state index is 4.22. The number of aromatic nitrogens is 1. The van der Waals surface area contributed by atoms with E-state index in [1.54, 1.807) is 0 Å². The van der Waals surface area contributed by atoms with Gasteiger partial charge < -0.3 is 5.32 Å². The summed E-state index contributed by atoms with van der Waals surface area (Å²) < 4.78 is 0. The first-order chi connectivity index (χ1) is 8.84. The Morgan fingerprint density at radius 2 is 2.06 bits per heavy atom. The molecule has 3 heterocycles. The quantitative estimate of drug-likeness (QED) is 0.852. The van der Waals surface area contributed by atoms with Gasteiger partial charge in [0.15, 0.2) is 0 Å². The predicted octanol–water partition coefficient (Wildman–Crippen LogP) is 0.732. The van der Waals surface area contributed by atoms with E-state index in [-0.39, 0.29) is 0 Å². The van der Waals surface area contributed by atoms with Crippen LogP contribution in [0.25, 0.3) is 0 Å². The van der Waals surface area contributed by atoms with E-state index in [1.807, 2.05) is 18.5 Å². The van der Waals surface area contributed by atoms with Gasteiger partial charge in [0.2, 0.25) is 0 Å². The third-order valence-corrected chi connectivity index (χ3v) is 4.34. The molecular weight excluding hydrogens is 224 g/mol. The van der Waals surface area contributed by atoms with Gasteiger partial charge in [-0.15, -0.1) is 0 Å². The second kappa shape index (κ2) is 5.34. The van der Waals surface area contributed by atoms with E-state index in [1.165, 1.54) is 44.8 Å². The van der Waals surface area contributed by atoms with Gasteiger partial charge in [-0.25, -0.2) is 0 Å². The summed E-state index contributed by atoms with van der Waals surface area (Å²) in [4.78, 5) is 9.42. The number of nitrogens with zero attached hydrogens (tertiary/aromatic N) is 3. The van der Waals surface area contributed by atoms with Crippen LogP contribution in [-0.2, 0) is 0 Å². The lowest BCUT2D eigenvalue weighted by Crippen LogP contribution is -2.61. The molecule has 0 aromatic carbocycles. The van der Waals surface area contributed by atoms with Crippen molar-refractivity contribution in [2.45, 2.75) is 19.0 Å². The van der Waals surface area contributed by atoms with Gasteiger partial charge in [-0.2, -0.15) is 0 Å². The van der Waals surface area contributed by atoms with Crippen molar-refractivity contribution in [2.24, 2.45) is 0 Å². The molecule has 2 aliphatic heterocycles. The SMILES string of the molecule is CC(c1cccnc1)N1CCN(C2CNC2)CC1. The van der Waals surface area contributed by atoms with E-state index in [9.17, 15) is 0 Å². The Morgan fingerprint density at radius 1 is 1.28 bits per heavy atom. The number of hydrogen-bond donors (Lipinski definition) is 1. The van der Waals surface area contributed by atoms with Crippen LogP contribution in [0.15, 0.2) is 24.5 Å². The Labute approximate surface area is 109 Å². The first-order valence-corrected chi connectivity index (χ1v) is 6.93. The fourth-order valence-corrected chi connectivity index (χ4v) is 2.86. The Kier molecular flexibility index (Phi) is 3.59. The van der Waals surface area contributed by atoms with Gasteiger partial charge in [0, 0.05) is 63.7 Å². The molecule has 1 atom stereocenters. The lowest BCUT2D eigenvalue weighted by Gasteiger charge is -2.44. The van der Waals surface area contributed by atoms with Crippen molar-refractivity contribution in [3.8, 4) is 0 Å². The van der Waals surface area contributed by atoms with E-state index in [0.717, 1.165) is 6.04 Å². The van der Waals surface area contributed by atoms with Gasteiger partial charge >= 0.3 is 0 Å². The third-order valence-electron chi connectivity index (χ3n) is 4.34. The van der Waals surface area contributed by atoms with Crippen LogP contribution in [0.4, 0.5) is 0 Å². The van der Waals surface area contributed by atoms with E-state index in [4.69, 9.17) is 0 Å². The molecule has 0 bridgehead atoms. The summed E-state index contributed by atoms with van der Waals surface area (Å²) in [7, 11) is 0. The molecule has 1 aromatic rings. The van der Waals surface area contributed by atoms with Crippen molar-refractivity contribution in [3.05, 3.63) is 30.1 Å². The van der Waals surface area contributed by atoms with Crippen LogP contribution >= 0.6 is 0 Å². The maximum Gasteiger partial charge on any atom is 0.0346 e. The van der Waals surface area contributed by atoms with E-state index in [0.29, 0.717) is 6.04 Å².